The Labute approximate surface area is 173 Å². The van der Waals surface area contributed by atoms with Crippen LogP contribution >= 0.6 is 15.9 Å². The number of alkyl halides is 3. The van der Waals surface area contributed by atoms with E-state index < -0.39 is 11.7 Å². The highest BCUT2D eigenvalue weighted by atomic mass is 79.9. The number of hydrogen-bond acceptors (Lipinski definition) is 4. The number of fused-ring (bicyclic) bond motifs is 1. The number of para-hydroxylation sites is 1. The normalized spacial score (nSPS) is 15.6. The average Bonchev–Trinajstić information content (AvgIpc) is 2.98. The molecule has 4 rings (SSSR count). The number of hydrogen-bond donors (Lipinski definition) is 0. The Morgan fingerprint density at radius 2 is 1.93 bits per heavy atom. The summed E-state index contributed by atoms with van der Waals surface area (Å²) in [5.41, 5.74) is -0.148. The molecule has 3 aromatic rings. The van der Waals surface area contributed by atoms with Crippen molar-refractivity contribution in [2.24, 2.45) is 0 Å². The highest BCUT2D eigenvalue weighted by Gasteiger charge is 2.31. The van der Waals surface area contributed by atoms with E-state index in [9.17, 15) is 18.0 Å². The number of pyridine rings is 1. The molecule has 0 unspecified atom stereocenters. The second-order valence-electron chi connectivity index (χ2n) is 6.80. The van der Waals surface area contributed by atoms with Crippen LogP contribution in [0.15, 0.2) is 51.5 Å². The first kappa shape index (κ1) is 19.8. The van der Waals surface area contributed by atoms with Crippen molar-refractivity contribution in [1.29, 1.82) is 0 Å². The van der Waals surface area contributed by atoms with Gasteiger partial charge in [0, 0.05) is 37.8 Å². The summed E-state index contributed by atoms with van der Waals surface area (Å²) in [7, 11) is 0. The summed E-state index contributed by atoms with van der Waals surface area (Å²) in [5, 5.41) is 0.841. The lowest BCUT2D eigenvalue weighted by molar-refractivity contribution is -0.137. The van der Waals surface area contributed by atoms with Crippen LogP contribution in [0.25, 0.3) is 11.0 Å². The molecule has 3 heterocycles. The number of aromatic nitrogens is 1. The standard InChI is InChI=1S/C20H17BrF3N3O2/c21-15-4-1-3-13-11-16(29-18(13)15)19(28)27-8-2-7-26(9-10-27)17-6-5-14(12-25-17)20(22,23)24/h1,3-6,11-12H,2,7-10H2. The van der Waals surface area contributed by atoms with Crippen LogP contribution in [0.4, 0.5) is 19.0 Å². The first-order chi connectivity index (χ1) is 13.8. The molecule has 1 fully saturated rings. The lowest BCUT2D eigenvalue weighted by atomic mass is 10.2. The predicted molar refractivity (Wildman–Crippen MR) is 106 cm³/mol. The van der Waals surface area contributed by atoms with Crippen molar-refractivity contribution >= 4 is 38.6 Å². The summed E-state index contributed by atoms with van der Waals surface area (Å²) < 4.78 is 44.7. The SMILES string of the molecule is O=C(c1cc2cccc(Br)c2o1)N1CCCN(c2ccc(C(F)(F)F)cn2)CC1. The fourth-order valence-corrected chi connectivity index (χ4v) is 3.84. The summed E-state index contributed by atoms with van der Waals surface area (Å²) >= 11 is 3.42. The molecule has 2 aromatic heterocycles. The number of rotatable bonds is 2. The average molecular weight is 468 g/mol. The third-order valence-corrected chi connectivity index (χ3v) is 5.51. The number of carbonyl (C=O) groups excluding carboxylic acids is 1. The molecule has 0 spiro atoms. The van der Waals surface area contributed by atoms with E-state index in [-0.39, 0.29) is 11.7 Å². The molecule has 0 N–H and O–H groups in total. The van der Waals surface area contributed by atoms with Crippen molar-refractivity contribution in [2.45, 2.75) is 12.6 Å². The molecule has 0 bridgehead atoms. The van der Waals surface area contributed by atoms with E-state index in [0.717, 1.165) is 22.1 Å². The van der Waals surface area contributed by atoms with Gasteiger partial charge in [-0.1, -0.05) is 12.1 Å². The van der Waals surface area contributed by atoms with Gasteiger partial charge in [0.1, 0.15) is 11.4 Å². The number of furan rings is 1. The Balaban J connectivity index is 1.46. The van der Waals surface area contributed by atoms with Gasteiger partial charge in [-0.25, -0.2) is 4.98 Å². The summed E-state index contributed by atoms with van der Waals surface area (Å²) in [5.74, 6) is 0.545. The summed E-state index contributed by atoms with van der Waals surface area (Å²) in [4.78, 5) is 20.4. The Morgan fingerprint density at radius 1 is 1.10 bits per heavy atom. The minimum atomic E-state index is -4.41. The maximum atomic E-state index is 12.9. The van der Waals surface area contributed by atoms with Crippen LogP contribution < -0.4 is 4.90 Å². The van der Waals surface area contributed by atoms with Crippen molar-refractivity contribution < 1.29 is 22.4 Å². The Morgan fingerprint density at radius 3 is 2.62 bits per heavy atom. The van der Waals surface area contributed by atoms with E-state index in [2.05, 4.69) is 20.9 Å². The van der Waals surface area contributed by atoms with Crippen molar-refractivity contribution in [3.63, 3.8) is 0 Å². The van der Waals surface area contributed by atoms with E-state index in [1.54, 1.807) is 11.0 Å². The van der Waals surface area contributed by atoms with Crippen LogP contribution in [-0.4, -0.2) is 42.0 Å². The molecular formula is C20H17BrF3N3O2. The van der Waals surface area contributed by atoms with Gasteiger partial charge in [-0.2, -0.15) is 13.2 Å². The van der Waals surface area contributed by atoms with Gasteiger partial charge in [0.05, 0.1) is 10.0 Å². The maximum absolute atomic E-state index is 12.9. The minimum absolute atomic E-state index is 0.199. The second-order valence-corrected chi connectivity index (χ2v) is 7.66. The molecule has 1 aromatic carbocycles. The van der Waals surface area contributed by atoms with Gasteiger partial charge in [0.2, 0.25) is 0 Å². The van der Waals surface area contributed by atoms with E-state index in [0.29, 0.717) is 44.0 Å². The van der Waals surface area contributed by atoms with Crippen LogP contribution in [0.3, 0.4) is 0 Å². The van der Waals surface area contributed by atoms with Gasteiger partial charge >= 0.3 is 6.18 Å². The highest BCUT2D eigenvalue weighted by Crippen LogP contribution is 2.30. The molecule has 0 radical (unpaired) electrons. The van der Waals surface area contributed by atoms with Crippen molar-refractivity contribution in [3.8, 4) is 0 Å². The fourth-order valence-electron chi connectivity index (χ4n) is 3.38. The molecule has 0 atom stereocenters. The van der Waals surface area contributed by atoms with Crippen LogP contribution in [-0.2, 0) is 6.18 Å². The van der Waals surface area contributed by atoms with E-state index in [4.69, 9.17) is 4.42 Å². The van der Waals surface area contributed by atoms with Gasteiger partial charge < -0.3 is 14.2 Å². The molecular weight excluding hydrogens is 451 g/mol. The zero-order chi connectivity index (χ0) is 20.6. The van der Waals surface area contributed by atoms with Gasteiger partial charge in [-0.15, -0.1) is 0 Å². The van der Waals surface area contributed by atoms with E-state index in [1.165, 1.54) is 6.07 Å². The predicted octanol–water partition coefficient (Wildman–Crippen LogP) is 4.96. The number of carbonyl (C=O) groups is 1. The second kappa shape index (κ2) is 7.70. The van der Waals surface area contributed by atoms with Crippen LogP contribution in [0.1, 0.15) is 22.5 Å². The van der Waals surface area contributed by atoms with Gasteiger partial charge in [0.15, 0.2) is 5.76 Å². The molecule has 29 heavy (non-hydrogen) atoms. The monoisotopic (exact) mass is 467 g/mol. The number of benzene rings is 1. The first-order valence-corrected chi connectivity index (χ1v) is 9.88. The van der Waals surface area contributed by atoms with Gasteiger partial charge in [-0.3, -0.25) is 4.79 Å². The Kier molecular flexibility index (Phi) is 5.24. The molecule has 5 nitrogen and oxygen atoms in total. The number of anilines is 1. The molecule has 1 amide bonds. The number of nitrogens with zero attached hydrogens (tertiary/aromatic N) is 3. The zero-order valence-electron chi connectivity index (χ0n) is 15.2. The zero-order valence-corrected chi connectivity index (χ0v) is 16.8. The molecule has 1 aliphatic rings. The molecule has 0 saturated carbocycles. The topological polar surface area (TPSA) is 49.6 Å². The van der Waals surface area contributed by atoms with E-state index >= 15 is 0 Å². The molecule has 9 heteroatoms. The molecule has 152 valence electrons. The first-order valence-electron chi connectivity index (χ1n) is 9.08. The van der Waals surface area contributed by atoms with Gasteiger partial charge in [-0.05, 0) is 46.6 Å². The fraction of sp³-hybridized carbons (Fsp3) is 0.300. The third kappa shape index (κ3) is 4.10. The third-order valence-electron chi connectivity index (χ3n) is 4.89. The largest absolute Gasteiger partial charge is 0.450 e. The van der Waals surface area contributed by atoms with Crippen LogP contribution in [0, 0.1) is 0 Å². The molecule has 1 aliphatic heterocycles. The summed E-state index contributed by atoms with van der Waals surface area (Å²) in [6.07, 6.45) is -2.89. The molecule has 0 aliphatic carbocycles. The highest BCUT2D eigenvalue weighted by molar-refractivity contribution is 9.10. The van der Waals surface area contributed by atoms with Crippen molar-refractivity contribution in [1.82, 2.24) is 9.88 Å². The Bertz CT molecular complexity index is 1030. The van der Waals surface area contributed by atoms with Crippen molar-refractivity contribution in [2.75, 3.05) is 31.1 Å². The van der Waals surface area contributed by atoms with Crippen molar-refractivity contribution in [3.05, 3.63) is 58.4 Å². The molecule has 1 saturated heterocycles. The number of halogens is 4. The quantitative estimate of drug-likeness (QED) is 0.534. The minimum Gasteiger partial charge on any atom is -0.450 e. The van der Waals surface area contributed by atoms with Crippen LogP contribution in [0.5, 0.6) is 0 Å². The number of amides is 1. The van der Waals surface area contributed by atoms with E-state index in [1.807, 2.05) is 23.1 Å². The lowest BCUT2D eigenvalue weighted by Crippen LogP contribution is -2.35. The van der Waals surface area contributed by atoms with Crippen LogP contribution in [0.2, 0.25) is 0 Å². The summed E-state index contributed by atoms with van der Waals surface area (Å²) in [6.45, 7) is 2.05. The Hall–Kier alpha value is -2.55. The lowest BCUT2D eigenvalue weighted by Gasteiger charge is -2.22. The summed E-state index contributed by atoms with van der Waals surface area (Å²) in [6, 6.07) is 9.72. The maximum Gasteiger partial charge on any atom is 0.417 e. The van der Waals surface area contributed by atoms with Gasteiger partial charge in [0.25, 0.3) is 5.91 Å². The smallest absolute Gasteiger partial charge is 0.417 e.